The molecule has 2 aromatic carbocycles. The third-order valence-electron chi connectivity index (χ3n) is 9.16. The van der Waals surface area contributed by atoms with Crippen LogP contribution in [0.15, 0.2) is 60.7 Å². The largest absolute Gasteiger partial charge is 0.514 e. The number of nitrogens with zero attached hydrogens (tertiary/aromatic N) is 2. The molecule has 0 saturated heterocycles. The quantitative estimate of drug-likeness (QED) is 0.0188. The summed E-state index contributed by atoms with van der Waals surface area (Å²) in [5, 5.41) is 32.9. The van der Waals surface area contributed by atoms with E-state index in [0.29, 0.717) is 30.5 Å². The summed E-state index contributed by atoms with van der Waals surface area (Å²) in [6.07, 6.45) is 1.96. The molecule has 0 aromatic heterocycles. The number of nitrogens with one attached hydrogen (secondary N) is 5. The number of rotatable bonds is 25. The maximum Gasteiger partial charge on any atom is 0.514 e. The SMILES string of the molecule is CC(C)C(NC(=O)C(CCC(=O)O)NC(=O)CCCCCN1C(=O)C=CC1=O)C(=O)NC(CCCNC(N)=O)C(=O)Nc1ccc(COC(=O)Oc2ccc([N+](=O)[O-])cc2)cc1. The number of aliphatic carboxylic acids is 1. The Labute approximate surface area is 355 Å². The van der Waals surface area contributed by atoms with Crippen molar-refractivity contribution in [2.75, 3.05) is 18.4 Å². The zero-order valence-electron chi connectivity index (χ0n) is 34.1. The number of nitrogens with two attached hydrogens (primary N) is 1. The van der Waals surface area contributed by atoms with Crippen LogP contribution >= 0.6 is 0 Å². The fourth-order valence-corrected chi connectivity index (χ4v) is 5.84. The Balaban J connectivity index is 1.60. The van der Waals surface area contributed by atoms with Crippen molar-refractivity contribution in [2.24, 2.45) is 11.7 Å². The number of ether oxygens (including phenoxy) is 2. The van der Waals surface area contributed by atoms with Gasteiger partial charge in [-0.2, -0.15) is 0 Å². The van der Waals surface area contributed by atoms with E-state index < -0.39 is 89.0 Å². The molecule has 1 aliphatic rings. The van der Waals surface area contributed by atoms with Gasteiger partial charge in [0, 0.05) is 55.9 Å². The van der Waals surface area contributed by atoms with Gasteiger partial charge in [0.2, 0.25) is 23.6 Å². The highest BCUT2D eigenvalue weighted by atomic mass is 16.7. The molecular weight excluding hydrogens is 816 g/mol. The van der Waals surface area contributed by atoms with Gasteiger partial charge in [0.25, 0.3) is 17.5 Å². The van der Waals surface area contributed by atoms with Crippen molar-refractivity contribution in [2.45, 2.75) is 89.9 Å². The van der Waals surface area contributed by atoms with Gasteiger partial charge in [-0.25, -0.2) is 9.59 Å². The van der Waals surface area contributed by atoms with Gasteiger partial charge < -0.3 is 46.9 Å². The molecule has 0 saturated carbocycles. The summed E-state index contributed by atoms with van der Waals surface area (Å²) in [7, 11) is 0. The first-order chi connectivity index (χ1) is 29.4. The van der Waals surface area contributed by atoms with Gasteiger partial charge in [0.1, 0.15) is 30.5 Å². The first-order valence-corrected chi connectivity index (χ1v) is 19.6. The number of non-ortho nitro benzene ring substituents is 1. The number of urea groups is 1. The Morgan fingerprint density at radius 1 is 0.790 bits per heavy atom. The Morgan fingerprint density at radius 3 is 2.03 bits per heavy atom. The number of primary amides is 1. The van der Waals surface area contributed by atoms with Gasteiger partial charge in [-0.3, -0.25) is 48.6 Å². The lowest BCUT2D eigenvalue weighted by Crippen LogP contribution is -2.57. The summed E-state index contributed by atoms with van der Waals surface area (Å²) in [5.74, 6) is -5.39. The molecule has 0 aliphatic carbocycles. The summed E-state index contributed by atoms with van der Waals surface area (Å²) < 4.78 is 10.1. The van der Waals surface area contributed by atoms with E-state index in [9.17, 15) is 58.4 Å². The van der Waals surface area contributed by atoms with Gasteiger partial charge in [-0.1, -0.05) is 32.4 Å². The van der Waals surface area contributed by atoms with Gasteiger partial charge in [0.15, 0.2) is 0 Å². The molecule has 0 bridgehead atoms. The van der Waals surface area contributed by atoms with Crippen molar-refractivity contribution in [1.82, 2.24) is 26.2 Å². The molecule has 2 aromatic rings. The summed E-state index contributed by atoms with van der Waals surface area (Å²) in [5.41, 5.74) is 5.76. The van der Waals surface area contributed by atoms with Crippen molar-refractivity contribution in [3.63, 3.8) is 0 Å². The molecule has 1 aliphatic heterocycles. The lowest BCUT2D eigenvalue weighted by atomic mass is 10.0. The van der Waals surface area contributed by atoms with Crippen LogP contribution in [0.25, 0.3) is 0 Å². The molecule has 3 rings (SSSR count). The lowest BCUT2D eigenvalue weighted by Gasteiger charge is -2.27. The second-order valence-electron chi connectivity index (χ2n) is 14.3. The van der Waals surface area contributed by atoms with Gasteiger partial charge in [0.05, 0.1) is 4.92 Å². The van der Waals surface area contributed by atoms with Gasteiger partial charge in [-0.15, -0.1) is 0 Å². The number of anilines is 1. The smallest absolute Gasteiger partial charge is 0.481 e. The van der Waals surface area contributed by atoms with Crippen LogP contribution in [0.4, 0.5) is 21.0 Å². The van der Waals surface area contributed by atoms with E-state index in [4.69, 9.17) is 15.2 Å². The van der Waals surface area contributed by atoms with Crippen LogP contribution in [0.5, 0.6) is 5.75 Å². The highest BCUT2D eigenvalue weighted by Gasteiger charge is 2.32. The maximum atomic E-state index is 13.7. The van der Waals surface area contributed by atoms with E-state index in [1.54, 1.807) is 26.0 Å². The van der Waals surface area contributed by atoms with Crippen molar-refractivity contribution in [3.05, 3.63) is 76.4 Å². The summed E-state index contributed by atoms with van der Waals surface area (Å²) in [6, 6.07) is 6.33. The molecule has 334 valence electrons. The first kappa shape index (κ1) is 49.0. The molecule has 3 unspecified atom stereocenters. The number of carbonyl (C=O) groups is 9. The van der Waals surface area contributed by atoms with Crippen LogP contribution in [-0.2, 0) is 44.9 Å². The summed E-state index contributed by atoms with van der Waals surface area (Å²) >= 11 is 0. The van der Waals surface area contributed by atoms with Gasteiger partial charge >= 0.3 is 18.2 Å². The molecule has 22 nitrogen and oxygen atoms in total. The maximum absolute atomic E-state index is 13.7. The highest BCUT2D eigenvalue weighted by molar-refractivity contribution is 6.12. The van der Waals surface area contributed by atoms with Crippen LogP contribution < -0.4 is 37.1 Å². The lowest BCUT2D eigenvalue weighted by molar-refractivity contribution is -0.384. The fourth-order valence-electron chi connectivity index (χ4n) is 5.84. The monoisotopic (exact) mass is 866 g/mol. The number of hydrogen-bond donors (Lipinski definition) is 7. The number of nitro benzene ring substituents is 1. The van der Waals surface area contributed by atoms with Crippen LogP contribution in [-0.4, -0.2) is 99.7 Å². The number of benzene rings is 2. The molecule has 0 spiro atoms. The molecule has 8 amide bonds. The fraction of sp³-hybridized carbons (Fsp3) is 0.425. The minimum Gasteiger partial charge on any atom is -0.481 e. The number of amides is 8. The minimum atomic E-state index is -1.33. The third kappa shape index (κ3) is 17.1. The number of nitro groups is 1. The molecule has 22 heteroatoms. The number of carboxylic acids is 1. The molecule has 8 N–H and O–H groups in total. The van der Waals surface area contributed by atoms with Crippen LogP contribution in [0, 0.1) is 16.0 Å². The number of unbranched alkanes of at least 4 members (excludes halogenated alkanes) is 2. The average molecular weight is 867 g/mol. The molecule has 3 atom stereocenters. The Hall–Kier alpha value is -7.39. The molecular formula is C40H50N8O14. The van der Waals surface area contributed by atoms with Crippen LogP contribution in [0.2, 0.25) is 0 Å². The van der Waals surface area contributed by atoms with Gasteiger partial charge in [-0.05, 0) is 67.9 Å². The number of carboxylic acid groups (broad SMARTS) is 1. The number of hydrogen-bond acceptors (Lipinski definition) is 13. The second kappa shape index (κ2) is 24.6. The predicted octanol–water partition coefficient (Wildman–Crippen LogP) is 2.16. The van der Waals surface area contributed by atoms with E-state index in [0.717, 1.165) is 17.0 Å². The topological polar surface area (TPSA) is 325 Å². The number of imide groups is 1. The van der Waals surface area contributed by atoms with E-state index in [2.05, 4.69) is 26.6 Å². The van der Waals surface area contributed by atoms with Crippen LogP contribution in [0.1, 0.15) is 70.8 Å². The molecule has 0 fully saturated rings. The summed E-state index contributed by atoms with van der Waals surface area (Å²) in [4.78, 5) is 123. The van der Waals surface area contributed by atoms with E-state index in [-0.39, 0.29) is 56.8 Å². The molecule has 62 heavy (non-hydrogen) atoms. The van der Waals surface area contributed by atoms with E-state index in [1.165, 1.54) is 36.4 Å². The normalized spacial score (nSPS) is 13.4. The van der Waals surface area contributed by atoms with Crippen molar-refractivity contribution in [1.29, 1.82) is 0 Å². The zero-order valence-corrected chi connectivity index (χ0v) is 34.1. The molecule has 0 radical (unpaired) electrons. The highest BCUT2D eigenvalue weighted by Crippen LogP contribution is 2.19. The Bertz CT molecular complexity index is 1970. The standard InChI is InChI=1S/C40H50N8O14/c1-24(2)35(46-37(55)30(17-20-34(52)53)44-31(49)8-4-3-5-22-47-32(50)18-19-33(47)51)38(56)45-29(7-6-21-42-39(41)57)36(54)43-26-11-9-25(10-12-26)23-61-40(58)62-28-15-13-27(14-16-28)48(59)60/h9-16,18-19,24,29-30,35H,3-8,17,20-23H2,1-2H3,(H,43,54)(H,44,49)(H,45,56)(H,46,55)(H,52,53)(H3,41,42,57). The average Bonchev–Trinajstić information content (AvgIpc) is 3.54. The molecule has 1 heterocycles. The van der Waals surface area contributed by atoms with Crippen LogP contribution in [0.3, 0.4) is 0 Å². The zero-order chi connectivity index (χ0) is 45.8. The minimum absolute atomic E-state index is 0.0121. The predicted molar refractivity (Wildman–Crippen MR) is 218 cm³/mol. The third-order valence-corrected chi connectivity index (χ3v) is 9.16. The van der Waals surface area contributed by atoms with Crippen molar-refractivity contribution >= 4 is 65.0 Å². The van der Waals surface area contributed by atoms with E-state index >= 15 is 0 Å². The van der Waals surface area contributed by atoms with Crippen molar-refractivity contribution < 1.29 is 62.7 Å². The number of carbonyl (C=O) groups excluding carboxylic acids is 8. The first-order valence-electron chi connectivity index (χ1n) is 19.6. The Morgan fingerprint density at radius 2 is 1.44 bits per heavy atom. The second-order valence-corrected chi connectivity index (χ2v) is 14.3. The van der Waals surface area contributed by atoms with E-state index in [1.807, 2.05) is 0 Å². The Kier molecular flexibility index (Phi) is 19.5. The van der Waals surface area contributed by atoms with Crippen molar-refractivity contribution in [3.8, 4) is 5.75 Å². The summed E-state index contributed by atoms with van der Waals surface area (Å²) in [6.45, 7) is 3.28.